The maximum absolute atomic E-state index is 13.7. The molecule has 0 saturated carbocycles. The summed E-state index contributed by atoms with van der Waals surface area (Å²) in [6, 6.07) is 9.44. The van der Waals surface area contributed by atoms with Crippen LogP contribution in [0.3, 0.4) is 0 Å². The molecule has 34 heavy (non-hydrogen) atoms. The average Bonchev–Trinajstić information content (AvgIpc) is 3.49. The molecule has 0 unspecified atom stereocenters. The Balaban J connectivity index is 0.00000324. The lowest BCUT2D eigenvalue weighted by molar-refractivity contribution is 0.0985. The van der Waals surface area contributed by atoms with Crippen LogP contribution in [0.2, 0.25) is 0 Å². The molecular formula is C24H27ClN4O4S. The summed E-state index contributed by atoms with van der Waals surface area (Å²) < 4.78 is 19.3. The van der Waals surface area contributed by atoms with Gasteiger partial charge in [-0.25, -0.2) is 9.97 Å². The fraction of sp³-hybridized carbons (Fsp3) is 0.292. The fourth-order valence-electron chi connectivity index (χ4n) is 3.61. The number of carbonyl (C=O) groups excluding carboxylic acids is 1. The highest BCUT2D eigenvalue weighted by molar-refractivity contribution is 7.22. The lowest BCUT2D eigenvalue weighted by Gasteiger charge is -2.21. The molecule has 10 heteroatoms. The van der Waals surface area contributed by atoms with Crippen LogP contribution in [0.1, 0.15) is 22.3 Å². The molecule has 2 heterocycles. The third kappa shape index (κ3) is 5.26. The van der Waals surface area contributed by atoms with Crippen molar-refractivity contribution in [3.05, 3.63) is 60.2 Å². The van der Waals surface area contributed by atoms with Crippen LogP contribution < -0.4 is 19.1 Å². The molecule has 0 bridgehead atoms. The molecule has 0 fully saturated rings. The van der Waals surface area contributed by atoms with E-state index in [2.05, 4.69) is 11.1 Å². The number of carbonyl (C=O) groups is 1. The molecule has 1 amide bonds. The Kier molecular flexibility index (Phi) is 8.36. The van der Waals surface area contributed by atoms with E-state index < -0.39 is 0 Å². The van der Waals surface area contributed by atoms with Crippen molar-refractivity contribution in [2.45, 2.75) is 19.9 Å². The number of aryl methyl sites for hydroxylation is 2. The SMILES string of the molecule is COc1cc(C(=O)N(CCCn2ccnc2)c2nc3ccc(C)cc3s2)cc(OC)c1OC.Cl. The first kappa shape index (κ1) is 25.3. The summed E-state index contributed by atoms with van der Waals surface area (Å²) in [5.41, 5.74) is 2.46. The highest BCUT2D eigenvalue weighted by Gasteiger charge is 2.24. The molecule has 0 aliphatic carbocycles. The standard InChI is InChI=1S/C24H26N4O4S.ClH/c1-16-6-7-18-21(12-16)33-24(26-18)28(10-5-9-27-11-8-25-15-27)23(29)17-13-19(30-2)22(32-4)20(14-17)31-3;/h6-8,11-15H,5,9-10H2,1-4H3;1H. The molecular weight excluding hydrogens is 476 g/mol. The van der Waals surface area contributed by atoms with E-state index in [1.54, 1.807) is 29.6 Å². The summed E-state index contributed by atoms with van der Waals surface area (Å²) in [6.45, 7) is 3.28. The molecule has 0 aliphatic heterocycles. The van der Waals surface area contributed by atoms with Gasteiger partial charge in [-0.05, 0) is 43.2 Å². The molecule has 0 atom stereocenters. The maximum atomic E-state index is 13.7. The number of fused-ring (bicyclic) bond motifs is 1. The van der Waals surface area contributed by atoms with Gasteiger partial charge in [0.25, 0.3) is 5.91 Å². The van der Waals surface area contributed by atoms with Crippen molar-refractivity contribution < 1.29 is 19.0 Å². The van der Waals surface area contributed by atoms with Crippen molar-refractivity contribution in [3.63, 3.8) is 0 Å². The summed E-state index contributed by atoms with van der Waals surface area (Å²) in [5, 5.41) is 0.653. The number of rotatable bonds is 9. The number of hydrogen-bond donors (Lipinski definition) is 0. The number of methoxy groups -OCH3 is 3. The van der Waals surface area contributed by atoms with Gasteiger partial charge < -0.3 is 18.8 Å². The molecule has 2 aromatic carbocycles. The summed E-state index contributed by atoms with van der Waals surface area (Å²) in [5.74, 6) is 1.12. The summed E-state index contributed by atoms with van der Waals surface area (Å²) >= 11 is 1.51. The van der Waals surface area contributed by atoms with Crippen molar-refractivity contribution in [2.75, 3.05) is 32.8 Å². The number of hydrogen-bond acceptors (Lipinski definition) is 7. The highest BCUT2D eigenvalue weighted by atomic mass is 35.5. The number of benzene rings is 2. The second-order valence-corrected chi connectivity index (χ2v) is 8.50. The van der Waals surface area contributed by atoms with E-state index in [1.807, 2.05) is 29.8 Å². The number of anilines is 1. The van der Waals surface area contributed by atoms with Gasteiger partial charge in [0, 0.05) is 31.0 Å². The monoisotopic (exact) mass is 502 g/mol. The number of amides is 1. The van der Waals surface area contributed by atoms with Crippen molar-refractivity contribution in [1.82, 2.24) is 14.5 Å². The molecule has 0 radical (unpaired) electrons. The second kappa shape index (κ2) is 11.2. The zero-order chi connectivity index (χ0) is 23.4. The largest absolute Gasteiger partial charge is 0.493 e. The van der Waals surface area contributed by atoms with Crippen molar-refractivity contribution in [3.8, 4) is 17.2 Å². The Morgan fingerprint density at radius 3 is 2.44 bits per heavy atom. The van der Waals surface area contributed by atoms with Gasteiger partial charge in [0.15, 0.2) is 16.6 Å². The topological polar surface area (TPSA) is 78.7 Å². The van der Waals surface area contributed by atoms with Crippen LogP contribution in [-0.2, 0) is 6.54 Å². The van der Waals surface area contributed by atoms with E-state index in [1.165, 1.54) is 32.7 Å². The number of imidazole rings is 1. The van der Waals surface area contributed by atoms with Gasteiger partial charge in [-0.3, -0.25) is 9.69 Å². The lowest BCUT2D eigenvalue weighted by Crippen LogP contribution is -2.32. The Labute approximate surface area is 208 Å². The minimum atomic E-state index is -0.185. The van der Waals surface area contributed by atoms with Gasteiger partial charge in [-0.1, -0.05) is 17.4 Å². The van der Waals surface area contributed by atoms with Crippen LogP contribution in [0.4, 0.5) is 5.13 Å². The van der Waals surface area contributed by atoms with Crippen LogP contribution in [0.25, 0.3) is 10.2 Å². The van der Waals surface area contributed by atoms with Crippen LogP contribution in [0.15, 0.2) is 49.1 Å². The third-order valence-electron chi connectivity index (χ3n) is 5.28. The van der Waals surface area contributed by atoms with Gasteiger partial charge in [-0.15, -0.1) is 12.4 Å². The molecule has 8 nitrogen and oxygen atoms in total. The molecule has 0 spiro atoms. The molecule has 180 valence electrons. The van der Waals surface area contributed by atoms with Gasteiger partial charge in [0.05, 0.1) is 37.9 Å². The van der Waals surface area contributed by atoms with E-state index in [4.69, 9.17) is 19.2 Å². The molecule has 2 aromatic heterocycles. The molecule has 0 aliphatic rings. The first-order valence-corrected chi connectivity index (χ1v) is 11.3. The number of thiazole rings is 1. The second-order valence-electron chi connectivity index (χ2n) is 7.49. The van der Waals surface area contributed by atoms with Gasteiger partial charge in [-0.2, -0.15) is 0 Å². The summed E-state index contributed by atoms with van der Waals surface area (Å²) in [7, 11) is 4.60. The molecule has 0 saturated heterocycles. The minimum Gasteiger partial charge on any atom is -0.493 e. The highest BCUT2D eigenvalue weighted by Crippen LogP contribution is 2.39. The van der Waals surface area contributed by atoms with Gasteiger partial charge >= 0.3 is 0 Å². The van der Waals surface area contributed by atoms with Gasteiger partial charge in [0.1, 0.15) is 0 Å². The quantitative estimate of drug-likeness (QED) is 0.321. The van der Waals surface area contributed by atoms with E-state index in [9.17, 15) is 4.79 Å². The van der Waals surface area contributed by atoms with E-state index in [-0.39, 0.29) is 18.3 Å². The number of aromatic nitrogens is 3. The summed E-state index contributed by atoms with van der Waals surface area (Å²) in [4.78, 5) is 24.3. The predicted octanol–water partition coefficient (Wildman–Crippen LogP) is 4.99. The third-order valence-corrected chi connectivity index (χ3v) is 6.32. The van der Waals surface area contributed by atoms with Crippen molar-refractivity contribution in [1.29, 1.82) is 0 Å². The summed E-state index contributed by atoms with van der Waals surface area (Å²) in [6.07, 6.45) is 6.16. The first-order chi connectivity index (χ1) is 16.0. The molecule has 4 rings (SSSR count). The number of ether oxygens (including phenoxy) is 3. The predicted molar refractivity (Wildman–Crippen MR) is 136 cm³/mol. The van der Waals surface area contributed by atoms with E-state index in [0.717, 1.165) is 28.7 Å². The van der Waals surface area contributed by atoms with Crippen molar-refractivity contribution >= 4 is 45.0 Å². The molecule has 0 N–H and O–H groups in total. The fourth-order valence-corrected chi connectivity index (χ4v) is 4.70. The Bertz CT molecular complexity index is 1230. The van der Waals surface area contributed by atoms with Crippen LogP contribution in [0, 0.1) is 6.92 Å². The Morgan fingerprint density at radius 1 is 1.09 bits per heavy atom. The van der Waals surface area contributed by atoms with Crippen LogP contribution in [-0.4, -0.2) is 48.3 Å². The number of halogens is 1. The van der Waals surface area contributed by atoms with Crippen molar-refractivity contribution in [2.24, 2.45) is 0 Å². The van der Waals surface area contributed by atoms with E-state index >= 15 is 0 Å². The Morgan fingerprint density at radius 2 is 1.82 bits per heavy atom. The average molecular weight is 503 g/mol. The first-order valence-electron chi connectivity index (χ1n) is 10.5. The van der Waals surface area contributed by atoms with Crippen LogP contribution >= 0.6 is 23.7 Å². The van der Waals surface area contributed by atoms with Gasteiger partial charge in [0.2, 0.25) is 5.75 Å². The maximum Gasteiger partial charge on any atom is 0.260 e. The minimum absolute atomic E-state index is 0. The zero-order valence-corrected chi connectivity index (χ0v) is 21.1. The lowest BCUT2D eigenvalue weighted by atomic mass is 10.1. The van der Waals surface area contributed by atoms with E-state index in [0.29, 0.717) is 34.5 Å². The molecule has 4 aromatic rings. The van der Waals surface area contributed by atoms with Crippen LogP contribution in [0.5, 0.6) is 17.2 Å². The normalized spacial score (nSPS) is 10.6. The smallest absolute Gasteiger partial charge is 0.260 e. The Hall–Kier alpha value is -3.30. The zero-order valence-electron chi connectivity index (χ0n) is 19.5. The number of nitrogens with zero attached hydrogens (tertiary/aromatic N) is 4.